The largest absolute Gasteiger partial charge is 0.410 e. The summed E-state index contributed by atoms with van der Waals surface area (Å²) in [7, 11) is 0. The number of pyridine rings is 1. The lowest BCUT2D eigenvalue weighted by molar-refractivity contribution is -0.168. The van der Waals surface area contributed by atoms with E-state index < -0.39 is 46.9 Å². The number of hydrogen-bond acceptors (Lipinski definition) is 7. The SMILES string of the molecule is C[C@H]1CCCN1C(=O)c1nc(C(=O)NCC2(O)CCC2)sc1-c1cnc(NC(C)(C)C(F)(F)F)cc1C(F)F. The second kappa shape index (κ2) is 10.6. The molecule has 4 rings (SSSR count). The van der Waals surface area contributed by atoms with Gasteiger partial charge in [-0.2, -0.15) is 13.2 Å². The van der Waals surface area contributed by atoms with Crippen molar-refractivity contribution in [3.05, 3.63) is 28.5 Å². The van der Waals surface area contributed by atoms with Crippen LogP contribution >= 0.6 is 11.3 Å². The molecular weight excluding hydrogens is 545 g/mol. The Morgan fingerprint density at radius 3 is 2.49 bits per heavy atom. The number of thiazole rings is 1. The van der Waals surface area contributed by atoms with Crippen LogP contribution in [-0.2, 0) is 0 Å². The lowest BCUT2D eigenvalue weighted by Crippen LogP contribution is -2.47. The number of nitrogens with zero attached hydrogens (tertiary/aromatic N) is 3. The first-order valence-corrected chi connectivity index (χ1v) is 13.4. The minimum absolute atomic E-state index is 0.0214. The summed E-state index contributed by atoms with van der Waals surface area (Å²) in [5.74, 6) is -1.64. The summed E-state index contributed by atoms with van der Waals surface area (Å²) in [4.78, 5) is 36.0. The van der Waals surface area contributed by atoms with Crippen LogP contribution in [0.3, 0.4) is 0 Å². The molecule has 0 radical (unpaired) electrons. The van der Waals surface area contributed by atoms with E-state index >= 15 is 0 Å². The van der Waals surface area contributed by atoms with Gasteiger partial charge in [-0.3, -0.25) is 9.59 Å². The molecule has 1 saturated carbocycles. The number of alkyl halides is 5. The number of carbonyl (C=O) groups is 2. The van der Waals surface area contributed by atoms with Crippen LogP contribution in [0, 0.1) is 0 Å². The smallest absolute Gasteiger partial charge is 0.388 e. The molecule has 2 fully saturated rings. The van der Waals surface area contributed by atoms with Crippen LogP contribution in [-0.4, -0.2) is 68.2 Å². The van der Waals surface area contributed by atoms with Crippen molar-refractivity contribution < 1.29 is 36.6 Å². The molecule has 2 amide bonds. The number of anilines is 1. The summed E-state index contributed by atoms with van der Waals surface area (Å²) in [5, 5.41) is 14.9. The quantitative estimate of drug-likeness (QED) is 0.375. The Bertz CT molecular complexity index is 1250. The fourth-order valence-corrected chi connectivity index (χ4v) is 5.50. The van der Waals surface area contributed by atoms with Crippen molar-refractivity contribution in [1.29, 1.82) is 0 Å². The van der Waals surface area contributed by atoms with Crippen LogP contribution in [0.4, 0.5) is 27.8 Å². The molecule has 3 heterocycles. The number of rotatable bonds is 8. The maximum Gasteiger partial charge on any atom is 0.410 e. The highest BCUT2D eigenvalue weighted by atomic mass is 32.1. The van der Waals surface area contributed by atoms with Crippen molar-refractivity contribution in [2.45, 2.75) is 82.7 Å². The maximum absolute atomic E-state index is 14.2. The van der Waals surface area contributed by atoms with Gasteiger partial charge in [0.2, 0.25) is 0 Å². The number of likely N-dealkylation sites (tertiary alicyclic amines) is 1. The van der Waals surface area contributed by atoms with E-state index in [-0.39, 0.29) is 33.7 Å². The third kappa shape index (κ3) is 6.01. The van der Waals surface area contributed by atoms with E-state index in [2.05, 4.69) is 20.6 Å². The van der Waals surface area contributed by atoms with E-state index in [0.29, 0.717) is 30.7 Å². The van der Waals surface area contributed by atoms with Gasteiger partial charge in [0.15, 0.2) is 5.01 Å². The summed E-state index contributed by atoms with van der Waals surface area (Å²) < 4.78 is 68.5. The van der Waals surface area contributed by atoms with Gasteiger partial charge in [0.05, 0.1) is 10.5 Å². The average molecular weight is 576 g/mol. The second-order valence-electron chi connectivity index (χ2n) is 10.7. The van der Waals surface area contributed by atoms with E-state index in [0.717, 1.165) is 45.4 Å². The van der Waals surface area contributed by atoms with Gasteiger partial charge in [0.25, 0.3) is 18.2 Å². The summed E-state index contributed by atoms with van der Waals surface area (Å²) >= 11 is 0.714. The highest BCUT2D eigenvalue weighted by Gasteiger charge is 2.47. The molecule has 0 aromatic carbocycles. The molecule has 0 bridgehead atoms. The molecule has 14 heteroatoms. The number of nitrogens with one attached hydrogen (secondary N) is 2. The first-order valence-electron chi connectivity index (χ1n) is 12.6. The second-order valence-corrected chi connectivity index (χ2v) is 11.7. The molecule has 8 nitrogen and oxygen atoms in total. The third-order valence-corrected chi connectivity index (χ3v) is 8.35. The van der Waals surface area contributed by atoms with Crippen molar-refractivity contribution in [1.82, 2.24) is 20.2 Å². The van der Waals surface area contributed by atoms with Crippen molar-refractivity contribution in [2.75, 3.05) is 18.4 Å². The number of hydrogen-bond donors (Lipinski definition) is 3. The van der Waals surface area contributed by atoms with Gasteiger partial charge in [-0.15, -0.1) is 11.3 Å². The predicted octanol–water partition coefficient (Wildman–Crippen LogP) is 5.16. The molecule has 39 heavy (non-hydrogen) atoms. The predicted molar refractivity (Wildman–Crippen MR) is 135 cm³/mol. The lowest BCUT2D eigenvalue weighted by atomic mass is 9.80. The van der Waals surface area contributed by atoms with E-state index in [1.165, 1.54) is 0 Å². The van der Waals surface area contributed by atoms with Gasteiger partial charge in [0.1, 0.15) is 17.1 Å². The minimum Gasteiger partial charge on any atom is -0.388 e. The fraction of sp³-hybridized carbons (Fsp3) is 0.600. The molecule has 2 aromatic rings. The summed E-state index contributed by atoms with van der Waals surface area (Å²) in [5.41, 5.74) is -4.53. The minimum atomic E-state index is -4.68. The number of carbonyl (C=O) groups excluding carboxylic acids is 2. The molecule has 1 aliphatic heterocycles. The van der Waals surface area contributed by atoms with Gasteiger partial charge in [0, 0.05) is 36.5 Å². The van der Waals surface area contributed by atoms with Crippen molar-refractivity contribution in [3.8, 4) is 10.4 Å². The normalized spacial score (nSPS) is 19.2. The van der Waals surface area contributed by atoms with Crippen molar-refractivity contribution in [2.24, 2.45) is 0 Å². The molecule has 2 aromatic heterocycles. The van der Waals surface area contributed by atoms with E-state index in [9.17, 15) is 36.6 Å². The summed E-state index contributed by atoms with van der Waals surface area (Å²) in [6.45, 7) is 3.96. The van der Waals surface area contributed by atoms with Gasteiger partial charge < -0.3 is 20.6 Å². The zero-order chi connectivity index (χ0) is 28.8. The molecule has 214 valence electrons. The zero-order valence-corrected chi connectivity index (χ0v) is 22.5. The molecule has 1 saturated heterocycles. The Morgan fingerprint density at radius 2 is 1.95 bits per heavy atom. The maximum atomic E-state index is 14.2. The van der Waals surface area contributed by atoms with Crippen molar-refractivity contribution in [3.63, 3.8) is 0 Å². The van der Waals surface area contributed by atoms with Crippen LogP contribution < -0.4 is 10.6 Å². The van der Waals surface area contributed by atoms with E-state index in [1.54, 1.807) is 4.90 Å². The monoisotopic (exact) mass is 575 g/mol. The first-order chi connectivity index (χ1) is 18.1. The number of halogens is 5. The molecule has 0 unspecified atom stereocenters. The molecular formula is C25H30F5N5O3S. The van der Waals surface area contributed by atoms with Gasteiger partial charge >= 0.3 is 6.18 Å². The Morgan fingerprint density at radius 1 is 1.26 bits per heavy atom. The van der Waals surface area contributed by atoms with Crippen molar-refractivity contribution >= 4 is 29.0 Å². The number of aromatic nitrogens is 2. The van der Waals surface area contributed by atoms with E-state index in [1.807, 2.05) is 6.92 Å². The fourth-order valence-electron chi connectivity index (χ4n) is 4.50. The Balaban J connectivity index is 1.73. The molecule has 0 spiro atoms. The third-order valence-electron chi connectivity index (χ3n) is 7.27. The highest BCUT2D eigenvalue weighted by Crippen LogP contribution is 2.40. The van der Waals surface area contributed by atoms with Crippen LogP contribution in [0.25, 0.3) is 10.4 Å². The zero-order valence-electron chi connectivity index (χ0n) is 21.7. The Kier molecular flexibility index (Phi) is 7.92. The topological polar surface area (TPSA) is 107 Å². The average Bonchev–Trinajstić information content (AvgIpc) is 3.46. The van der Waals surface area contributed by atoms with Crippen LogP contribution in [0.1, 0.15) is 85.2 Å². The molecule has 1 aliphatic carbocycles. The highest BCUT2D eigenvalue weighted by molar-refractivity contribution is 7.17. The molecule has 3 N–H and O–H groups in total. The molecule has 1 atom stereocenters. The van der Waals surface area contributed by atoms with Gasteiger partial charge in [-0.25, -0.2) is 18.7 Å². The van der Waals surface area contributed by atoms with Crippen LogP contribution in [0.5, 0.6) is 0 Å². The first kappa shape index (κ1) is 29.1. The standard InChI is InChI=1S/C25H30F5N5O3S/c1-13-6-4-9-35(13)22(37)17-18(39-21(33-17)20(36)32-12-24(38)7-5-8-24)15-11-31-16(10-14(15)19(26)27)34-23(2,3)25(28,29)30/h10-11,13,19,38H,4-9,12H2,1-3H3,(H,31,34)(H,32,36)/t13-/m0/s1. The Labute approximate surface area is 226 Å². The van der Waals surface area contributed by atoms with E-state index in [4.69, 9.17) is 0 Å². The van der Waals surface area contributed by atoms with Crippen LogP contribution in [0.2, 0.25) is 0 Å². The van der Waals surface area contributed by atoms with Gasteiger partial charge in [-0.05, 0) is 58.9 Å². The van der Waals surface area contributed by atoms with Gasteiger partial charge in [-0.1, -0.05) is 0 Å². The summed E-state index contributed by atoms with van der Waals surface area (Å²) in [6, 6.07) is 0.687. The Hall–Kier alpha value is -2.87. The number of amides is 2. The number of aliphatic hydroxyl groups is 1. The van der Waals surface area contributed by atoms with Crippen LogP contribution in [0.15, 0.2) is 12.3 Å². The summed E-state index contributed by atoms with van der Waals surface area (Å²) in [6.07, 6.45) is -3.46. The molecule has 2 aliphatic rings. The lowest BCUT2D eigenvalue weighted by Gasteiger charge is -2.36.